The first-order chi connectivity index (χ1) is 12.0. The van der Waals surface area contributed by atoms with Gasteiger partial charge in [-0.3, -0.25) is 4.79 Å². The molecule has 1 heterocycles. The Bertz CT molecular complexity index is 985. The van der Waals surface area contributed by atoms with Crippen molar-refractivity contribution in [2.45, 2.75) is 19.8 Å². The minimum absolute atomic E-state index is 0.0115. The van der Waals surface area contributed by atoms with Crippen LogP contribution >= 0.6 is 0 Å². The Kier molecular flexibility index (Phi) is 4.40. The number of phenols is 1. The van der Waals surface area contributed by atoms with E-state index in [0.29, 0.717) is 39.4 Å². The highest BCUT2D eigenvalue weighted by Gasteiger charge is 2.20. The van der Waals surface area contributed by atoms with Gasteiger partial charge in [0.25, 0.3) is 0 Å². The number of rotatable bonds is 4. The van der Waals surface area contributed by atoms with Crippen molar-refractivity contribution in [3.63, 3.8) is 0 Å². The van der Waals surface area contributed by atoms with Crippen molar-refractivity contribution in [2.24, 2.45) is 0 Å². The summed E-state index contributed by atoms with van der Waals surface area (Å²) >= 11 is 0. The van der Waals surface area contributed by atoms with E-state index >= 15 is 0 Å². The molecule has 0 bridgehead atoms. The van der Waals surface area contributed by atoms with Crippen LogP contribution in [0.15, 0.2) is 45.6 Å². The second-order valence-electron chi connectivity index (χ2n) is 6.08. The zero-order valence-corrected chi connectivity index (χ0v) is 14.6. The van der Waals surface area contributed by atoms with Crippen LogP contribution in [0.2, 0.25) is 0 Å². The lowest BCUT2D eigenvalue weighted by molar-refractivity contribution is 0.355. The molecule has 1 aromatic heterocycles. The van der Waals surface area contributed by atoms with Crippen molar-refractivity contribution in [1.82, 2.24) is 0 Å². The largest absolute Gasteiger partial charge is 0.508 e. The Labute approximate surface area is 145 Å². The number of ether oxygens (including phenoxy) is 2. The van der Waals surface area contributed by atoms with Gasteiger partial charge in [0.2, 0.25) is 5.43 Å². The van der Waals surface area contributed by atoms with Crippen molar-refractivity contribution in [2.75, 3.05) is 14.2 Å². The molecular weight excluding hydrogens is 320 g/mol. The SMILES string of the molecule is COc1ccc(-c2c(C(C)C)oc3cc(O)ccc3c2=O)cc1OC. The molecule has 3 rings (SSSR count). The molecule has 0 aliphatic carbocycles. The minimum atomic E-state index is -0.142. The summed E-state index contributed by atoms with van der Waals surface area (Å²) in [5.74, 6) is 1.74. The summed E-state index contributed by atoms with van der Waals surface area (Å²) in [6.07, 6.45) is 0. The van der Waals surface area contributed by atoms with Gasteiger partial charge < -0.3 is 19.0 Å². The number of hydrogen-bond donors (Lipinski definition) is 1. The maximum absolute atomic E-state index is 13.1. The van der Waals surface area contributed by atoms with Crippen LogP contribution < -0.4 is 14.9 Å². The highest BCUT2D eigenvalue weighted by atomic mass is 16.5. The van der Waals surface area contributed by atoms with Gasteiger partial charge in [0.1, 0.15) is 17.1 Å². The third-order valence-electron chi connectivity index (χ3n) is 4.10. The third kappa shape index (κ3) is 2.93. The van der Waals surface area contributed by atoms with Gasteiger partial charge in [0, 0.05) is 12.0 Å². The van der Waals surface area contributed by atoms with Gasteiger partial charge in [-0.15, -0.1) is 0 Å². The van der Waals surface area contributed by atoms with E-state index in [-0.39, 0.29) is 17.1 Å². The number of phenolic OH excluding ortho intramolecular Hbond substituents is 1. The maximum Gasteiger partial charge on any atom is 0.200 e. The summed E-state index contributed by atoms with van der Waals surface area (Å²) in [5, 5.41) is 10.1. The molecule has 0 radical (unpaired) electrons. The molecular formula is C20H20O5. The summed E-state index contributed by atoms with van der Waals surface area (Å²) in [6, 6.07) is 9.85. The quantitative estimate of drug-likeness (QED) is 0.766. The van der Waals surface area contributed by atoms with Crippen molar-refractivity contribution in [1.29, 1.82) is 0 Å². The highest BCUT2D eigenvalue weighted by molar-refractivity contribution is 5.84. The summed E-state index contributed by atoms with van der Waals surface area (Å²) in [6.45, 7) is 3.91. The molecule has 2 aromatic carbocycles. The van der Waals surface area contributed by atoms with Crippen LogP contribution in [0, 0.1) is 0 Å². The van der Waals surface area contributed by atoms with E-state index in [1.54, 1.807) is 32.4 Å². The number of hydrogen-bond acceptors (Lipinski definition) is 5. The van der Waals surface area contributed by atoms with E-state index in [1.807, 2.05) is 19.9 Å². The predicted molar refractivity (Wildman–Crippen MR) is 96.8 cm³/mol. The lowest BCUT2D eigenvalue weighted by Crippen LogP contribution is -2.10. The second kappa shape index (κ2) is 6.51. The van der Waals surface area contributed by atoms with Gasteiger partial charge in [-0.25, -0.2) is 0 Å². The molecule has 5 nitrogen and oxygen atoms in total. The molecule has 130 valence electrons. The average Bonchev–Trinajstić information content (AvgIpc) is 2.60. The monoisotopic (exact) mass is 340 g/mol. The van der Waals surface area contributed by atoms with Crippen molar-refractivity contribution >= 4 is 11.0 Å². The zero-order chi connectivity index (χ0) is 18.1. The predicted octanol–water partition coefficient (Wildman–Crippen LogP) is 4.31. The number of fused-ring (bicyclic) bond motifs is 1. The fourth-order valence-corrected chi connectivity index (χ4v) is 2.87. The van der Waals surface area contributed by atoms with Gasteiger partial charge in [-0.1, -0.05) is 19.9 Å². The van der Waals surface area contributed by atoms with Gasteiger partial charge in [-0.05, 0) is 29.8 Å². The lowest BCUT2D eigenvalue weighted by atomic mass is 9.96. The van der Waals surface area contributed by atoms with Crippen molar-refractivity contribution in [3.8, 4) is 28.4 Å². The summed E-state index contributed by atoms with van der Waals surface area (Å²) in [5.41, 5.74) is 1.43. The van der Waals surface area contributed by atoms with Crippen molar-refractivity contribution < 1.29 is 19.0 Å². The van der Waals surface area contributed by atoms with Crippen LogP contribution in [0.1, 0.15) is 25.5 Å². The van der Waals surface area contributed by atoms with Gasteiger partial charge >= 0.3 is 0 Å². The molecule has 0 amide bonds. The fourth-order valence-electron chi connectivity index (χ4n) is 2.87. The molecule has 0 aliphatic heterocycles. The Morgan fingerprint density at radius 2 is 1.72 bits per heavy atom. The molecule has 0 unspecified atom stereocenters. The standard InChI is InChI=1S/C20H20O5/c1-11(2)20-18(12-5-8-15(23-3)17(9-12)24-4)19(22)14-7-6-13(21)10-16(14)25-20/h5-11,21H,1-4H3. The van der Waals surface area contributed by atoms with Gasteiger partial charge in [0.15, 0.2) is 11.5 Å². The fraction of sp³-hybridized carbons (Fsp3) is 0.250. The smallest absolute Gasteiger partial charge is 0.200 e. The molecule has 0 atom stereocenters. The number of benzene rings is 2. The first-order valence-electron chi connectivity index (χ1n) is 7.98. The van der Waals surface area contributed by atoms with Crippen molar-refractivity contribution in [3.05, 3.63) is 52.4 Å². The molecule has 0 aliphatic rings. The first kappa shape index (κ1) is 16.9. The Morgan fingerprint density at radius 3 is 2.36 bits per heavy atom. The number of methoxy groups -OCH3 is 2. The van der Waals surface area contributed by atoms with E-state index in [2.05, 4.69) is 0 Å². The van der Waals surface area contributed by atoms with Crippen LogP contribution in [0.3, 0.4) is 0 Å². The Hall–Kier alpha value is -2.95. The molecule has 0 saturated carbocycles. The molecule has 5 heteroatoms. The molecule has 3 aromatic rings. The average molecular weight is 340 g/mol. The van der Waals surface area contributed by atoms with E-state index in [0.717, 1.165) is 0 Å². The third-order valence-corrected chi connectivity index (χ3v) is 4.10. The van der Waals surface area contributed by atoms with Gasteiger partial charge in [-0.2, -0.15) is 0 Å². The van der Waals surface area contributed by atoms with E-state index in [9.17, 15) is 9.90 Å². The lowest BCUT2D eigenvalue weighted by Gasteiger charge is -2.14. The molecule has 1 N–H and O–H groups in total. The second-order valence-corrected chi connectivity index (χ2v) is 6.08. The van der Waals surface area contributed by atoms with Crippen LogP contribution in [-0.2, 0) is 0 Å². The Balaban J connectivity index is 2.35. The summed E-state index contributed by atoms with van der Waals surface area (Å²) in [7, 11) is 3.12. The van der Waals surface area contributed by atoms with E-state index in [1.165, 1.54) is 12.1 Å². The Morgan fingerprint density at radius 1 is 1.00 bits per heavy atom. The topological polar surface area (TPSA) is 68.9 Å². The van der Waals surface area contributed by atoms with E-state index < -0.39 is 0 Å². The highest BCUT2D eigenvalue weighted by Crippen LogP contribution is 2.35. The van der Waals surface area contributed by atoms with Crippen LogP contribution in [0.25, 0.3) is 22.1 Å². The number of aromatic hydroxyl groups is 1. The van der Waals surface area contributed by atoms with Crippen LogP contribution in [-0.4, -0.2) is 19.3 Å². The summed E-state index contributed by atoms with van der Waals surface area (Å²) < 4.78 is 16.6. The molecule has 0 spiro atoms. The van der Waals surface area contributed by atoms with Gasteiger partial charge in [0.05, 0.1) is 25.2 Å². The molecule has 0 fully saturated rings. The zero-order valence-electron chi connectivity index (χ0n) is 14.6. The first-order valence-corrected chi connectivity index (χ1v) is 7.98. The van der Waals surface area contributed by atoms with Crippen LogP contribution in [0.5, 0.6) is 17.2 Å². The maximum atomic E-state index is 13.1. The minimum Gasteiger partial charge on any atom is -0.508 e. The normalized spacial score (nSPS) is 11.1. The van der Waals surface area contributed by atoms with Crippen LogP contribution in [0.4, 0.5) is 0 Å². The van der Waals surface area contributed by atoms with E-state index in [4.69, 9.17) is 13.9 Å². The molecule has 0 saturated heterocycles. The summed E-state index contributed by atoms with van der Waals surface area (Å²) in [4.78, 5) is 13.1. The molecule has 25 heavy (non-hydrogen) atoms.